The van der Waals surface area contributed by atoms with E-state index < -0.39 is 10.0 Å². The smallest absolute Gasteiger partial charge is 0.251 e. The molecule has 144 valence electrons. The van der Waals surface area contributed by atoms with Crippen molar-refractivity contribution in [1.29, 1.82) is 0 Å². The summed E-state index contributed by atoms with van der Waals surface area (Å²) < 4.78 is 25.6. The van der Waals surface area contributed by atoms with Gasteiger partial charge < -0.3 is 10.2 Å². The maximum absolute atomic E-state index is 12.6. The SMILES string of the molecule is CN(C)Cc1ccccc1CNC(=O)c1cccc(N2CCCS2(=O)=O)c1. The average Bonchev–Trinajstić information content (AvgIpc) is 2.99. The molecule has 0 bridgehead atoms. The monoisotopic (exact) mass is 387 g/mol. The van der Waals surface area contributed by atoms with Gasteiger partial charge in [-0.2, -0.15) is 0 Å². The molecule has 1 aliphatic rings. The molecule has 0 radical (unpaired) electrons. The lowest BCUT2D eigenvalue weighted by molar-refractivity contribution is 0.0951. The van der Waals surface area contributed by atoms with Crippen molar-refractivity contribution in [2.45, 2.75) is 19.5 Å². The van der Waals surface area contributed by atoms with Crippen LogP contribution in [0.3, 0.4) is 0 Å². The van der Waals surface area contributed by atoms with Crippen LogP contribution in [0, 0.1) is 0 Å². The molecule has 0 saturated carbocycles. The van der Waals surface area contributed by atoms with Crippen LogP contribution in [-0.2, 0) is 23.1 Å². The number of rotatable bonds is 6. The Morgan fingerprint density at radius 2 is 1.85 bits per heavy atom. The molecule has 3 rings (SSSR count). The third-order valence-electron chi connectivity index (χ3n) is 4.54. The summed E-state index contributed by atoms with van der Waals surface area (Å²) in [5, 5.41) is 2.94. The lowest BCUT2D eigenvalue weighted by Crippen LogP contribution is -2.27. The van der Waals surface area contributed by atoms with Crippen LogP contribution < -0.4 is 9.62 Å². The molecule has 2 aromatic rings. The number of anilines is 1. The van der Waals surface area contributed by atoms with Gasteiger partial charge in [0, 0.05) is 25.2 Å². The first-order chi connectivity index (χ1) is 12.9. The fourth-order valence-electron chi connectivity index (χ4n) is 3.23. The van der Waals surface area contributed by atoms with E-state index in [1.807, 2.05) is 32.3 Å². The predicted molar refractivity (Wildman–Crippen MR) is 107 cm³/mol. The van der Waals surface area contributed by atoms with E-state index in [2.05, 4.69) is 16.3 Å². The molecule has 0 atom stereocenters. The van der Waals surface area contributed by atoms with E-state index in [1.54, 1.807) is 24.3 Å². The Balaban J connectivity index is 1.72. The number of nitrogens with zero attached hydrogens (tertiary/aromatic N) is 2. The summed E-state index contributed by atoms with van der Waals surface area (Å²) in [4.78, 5) is 14.7. The highest BCUT2D eigenvalue weighted by Crippen LogP contribution is 2.24. The van der Waals surface area contributed by atoms with Crippen molar-refractivity contribution >= 4 is 21.6 Å². The first-order valence-corrected chi connectivity index (χ1v) is 10.6. The predicted octanol–water partition coefficient (Wildman–Crippen LogP) is 2.22. The second kappa shape index (κ2) is 8.10. The Morgan fingerprint density at radius 1 is 1.11 bits per heavy atom. The van der Waals surface area contributed by atoms with E-state index in [-0.39, 0.29) is 11.7 Å². The van der Waals surface area contributed by atoms with Crippen LogP contribution in [0.1, 0.15) is 27.9 Å². The summed E-state index contributed by atoms with van der Waals surface area (Å²) in [6.07, 6.45) is 0.613. The first-order valence-electron chi connectivity index (χ1n) is 8.97. The molecule has 0 unspecified atom stereocenters. The number of nitrogens with one attached hydrogen (secondary N) is 1. The zero-order chi connectivity index (χ0) is 19.4. The summed E-state index contributed by atoms with van der Waals surface area (Å²) in [7, 11) is 0.756. The van der Waals surface area contributed by atoms with Gasteiger partial charge >= 0.3 is 0 Å². The molecule has 27 heavy (non-hydrogen) atoms. The molecule has 1 aliphatic heterocycles. The van der Waals surface area contributed by atoms with E-state index in [1.165, 1.54) is 9.87 Å². The van der Waals surface area contributed by atoms with Crippen LogP contribution in [0.5, 0.6) is 0 Å². The normalized spacial score (nSPS) is 15.9. The maximum Gasteiger partial charge on any atom is 0.251 e. The molecule has 1 N–H and O–H groups in total. The molecule has 2 aromatic carbocycles. The number of benzene rings is 2. The second-order valence-electron chi connectivity index (χ2n) is 6.98. The van der Waals surface area contributed by atoms with Gasteiger partial charge in [0.1, 0.15) is 0 Å². The highest BCUT2D eigenvalue weighted by atomic mass is 32.2. The van der Waals surface area contributed by atoms with Crippen LogP contribution >= 0.6 is 0 Å². The minimum atomic E-state index is -3.26. The maximum atomic E-state index is 12.6. The van der Waals surface area contributed by atoms with Gasteiger partial charge in [-0.05, 0) is 49.8 Å². The van der Waals surface area contributed by atoms with Crippen molar-refractivity contribution < 1.29 is 13.2 Å². The Kier molecular flexibility index (Phi) is 5.82. The van der Waals surface area contributed by atoms with Gasteiger partial charge in [-0.25, -0.2) is 8.42 Å². The van der Waals surface area contributed by atoms with Gasteiger partial charge in [-0.15, -0.1) is 0 Å². The number of carbonyl (C=O) groups is 1. The molecule has 1 saturated heterocycles. The van der Waals surface area contributed by atoms with Crippen molar-refractivity contribution in [3.63, 3.8) is 0 Å². The van der Waals surface area contributed by atoms with E-state index in [4.69, 9.17) is 0 Å². The minimum absolute atomic E-state index is 0.159. The lowest BCUT2D eigenvalue weighted by atomic mass is 10.1. The van der Waals surface area contributed by atoms with Crippen LogP contribution in [0.2, 0.25) is 0 Å². The van der Waals surface area contributed by atoms with Crippen molar-refractivity contribution in [2.24, 2.45) is 0 Å². The Bertz CT molecular complexity index is 926. The van der Waals surface area contributed by atoms with E-state index in [9.17, 15) is 13.2 Å². The van der Waals surface area contributed by atoms with Gasteiger partial charge in [0.05, 0.1) is 11.4 Å². The van der Waals surface area contributed by atoms with Gasteiger partial charge in [-0.1, -0.05) is 30.3 Å². The summed E-state index contributed by atoms with van der Waals surface area (Å²) in [5.41, 5.74) is 3.24. The summed E-state index contributed by atoms with van der Waals surface area (Å²) in [6.45, 7) is 1.69. The van der Waals surface area contributed by atoms with Gasteiger partial charge in [-0.3, -0.25) is 9.10 Å². The molecule has 7 heteroatoms. The van der Waals surface area contributed by atoms with Crippen LogP contribution in [0.25, 0.3) is 0 Å². The van der Waals surface area contributed by atoms with Crippen molar-refractivity contribution in [3.05, 3.63) is 65.2 Å². The second-order valence-corrected chi connectivity index (χ2v) is 8.99. The van der Waals surface area contributed by atoms with Crippen LogP contribution in [0.15, 0.2) is 48.5 Å². The highest BCUT2D eigenvalue weighted by Gasteiger charge is 2.28. The molecular formula is C20H25N3O3S. The molecule has 1 amide bonds. The molecule has 1 heterocycles. The van der Waals surface area contributed by atoms with Crippen LogP contribution in [0.4, 0.5) is 5.69 Å². The Morgan fingerprint density at radius 3 is 2.52 bits per heavy atom. The van der Waals surface area contributed by atoms with Crippen molar-refractivity contribution in [1.82, 2.24) is 10.2 Å². The van der Waals surface area contributed by atoms with E-state index in [0.29, 0.717) is 30.8 Å². The summed E-state index contributed by atoms with van der Waals surface area (Å²) in [5.74, 6) is -0.0559. The molecule has 0 aliphatic carbocycles. The molecular weight excluding hydrogens is 362 g/mol. The zero-order valence-corrected chi connectivity index (χ0v) is 16.5. The standard InChI is InChI=1S/C20H25N3O3S/c1-22(2)15-18-8-4-3-7-17(18)14-21-20(24)16-9-5-10-19(13-16)23-11-6-12-27(23,25)26/h3-5,7-10,13H,6,11-12,14-15H2,1-2H3,(H,21,24). The lowest BCUT2D eigenvalue weighted by Gasteiger charge is -2.18. The molecule has 6 nitrogen and oxygen atoms in total. The number of sulfonamides is 1. The minimum Gasteiger partial charge on any atom is -0.348 e. The summed E-state index contributed by atoms with van der Waals surface area (Å²) >= 11 is 0. The Labute approximate surface area is 160 Å². The van der Waals surface area contributed by atoms with Crippen molar-refractivity contribution in [3.8, 4) is 0 Å². The fraction of sp³-hybridized carbons (Fsp3) is 0.350. The average molecular weight is 388 g/mol. The van der Waals surface area contributed by atoms with Gasteiger partial charge in [0.25, 0.3) is 5.91 Å². The van der Waals surface area contributed by atoms with E-state index in [0.717, 1.165) is 12.1 Å². The number of amides is 1. The zero-order valence-electron chi connectivity index (χ0n) is 15.7. The quantitative estimate of drug-likeness (QED) is 0.825. The summed E-state index contributed by atoms with van der Waals surface area (Å²) in [6, 6.07) is 14.8. The molecule has 1 fully saturated rings. The largest absolute Gasteiger partial charge is 0.348 e. The fourth-order valence-corrected chi connectivity index (χ4v) is 4.79. The van der Waals surface area contributed by atoms with Gasteiger partial charge in [0.15, 0.2) is 0 Å². The first kappa shape index (κ1) is 19.4. The highest BCUT2D eigenvalue weighted by molar-refractivity contribution is 7.93. The topological polar surface area (TPSA) is 69.7 Å². The molecule has 0 spiro atoms. The third-order valence-corrected chi connectivity index (χ3v) is 6.41. The van der Waals surface area contributed by atoms with Gasteiger partial charge in [0.2, 0.25) is 10.0 Å². The number of hydrogen-bond acceptors (Lipinski definition) is 4. The molecule has 0 aromatic heterocycles. The number of hydrogen-bond donors (Lipinski definition) is 1. The Hall–Kier alpha value is -2.38. The third kappa shape index (κ3) is 4.67. The van der Waals surface area contributed by atoms with E-state index >= 15 is 0 Å². The van der Waals surface area contributed by atoms with Crippen molar-refractivity contribution in [2.75, 3.05) is 30.7 Å². The number of carbonyl (C=O) groups excluding carboxylic acids is 1. The van der Waals surface area contributed by atoms with Crippen LogP contribution in [-0.4, -0.2) is 45.6 Å².